The first-order valence-electron chi connectivity index (χ1n) is 8.66. The molecule has 0 saturated heterocycles. The predicted molar refractivity (Wildman–Crippen MR) is 93.1 cm³/mol. The van der Waals surface area contributed by atoms with E-state index in [4.69, 9.17) is 0 Å². The fourth-order valence-corrected chi connectivity index (χ4v) is 2.96. The summed E-state index contributed by atoms with van der Waals surface area (Å²) in [6, 6.07) is 9.05. The summed E-state index contributed by atoms with van der Waals surface area (Å²) in [6.07, 6.45) is -5.01. The lowest BCUT2D eigenvalue weighted by Crippen LogP contribution is -2.28. The van der Waals surface area contributed by atoms with Crippen LogP contribution < -0.4 is 5.32 Å². The smallest absolute Gasteiger partial charge is 0.321 e. The Balaban J connectivity index is 2.28. The second-order valence-electron chi connectivity index (χ2n) is 7.06. The molecule has 0 fully saturated rings. The number of rotatable bonds is 6. The van der Waals surface area contributed by atoms with Gasteiger partial charge in [0.25, 0.3) is 0 Å². The van der Waals surface area contributed by atoms with Gasteiger partial charge in [-0.15, -0.1) is 0 Å². The molecular weight excluding hydrogens is 403 g/mol. The van der Waals surface area contributed by atoms with E-state index in [-0.39, 0.29) is 6.42 Å². The summed E-state index contributed by atoms with van der Waals surface area (Å²) in [5.41, 5.74) is -4.04. The standard InChI is InChI=1S/C20H18F7NO/c1-3-19(2,9-11-7-5-4-6-8-11)10-12(29)28-18-16(23)14(21)13(20(25,26)27)15(22)17(18)24/h4-8H,3,9-10H2,1-2H3,(H,28,29). The minimum absolute atomic E-state index is 0.276. The second-order valence-corrected chi connectivity index (χ2v) is 7.06. The van der Waals surface area contributed by atoms with Gasteiger partial charge >= 0.3 is 6.18 Å². The molecule has 0 aromatic heterocycles. The quantitative estimate of drug-likeness (QED) is 0.434. The molecule has 0 heterocycles. The van der Waals surface area contributed by atoms with Crippen molar-refractivity contribution >= 4 is 11.6 Å². The molecular formula is C20H18F7NO. The third-order valence-corrected chi connectivity index (χ3v) is 4.73. The number of hydrogen-bond acceptors (Lipinski definition) is 1. The van der Waals surface area contributed by atoms with E-state index in [0.29, 0.717) is 12.8 Å². The number of alkyl halides is 3. The molecule has 2 aromatic carbocycles. The van der Waals surface area contributed by atoms with Crippen molar-refractivity contribution in [2.45, 2.75) is 39.3 Å². The van der Waals surface area contributed by atoms with Crippen LogP contribution in [-0.2, 0) is 17.4 Å². The van der Waals surface area contributed by atoms with Crippen LogP contribution in [0.3, 0.4) is 0 Å². The molecule has 0 radical (unpaired) electrons. The minimum atomic E-state index is -5.64. The molecule has 0 spiro atoms. The number of hydrogen-bond donors (Lipinski definition) is 1. The Morgan fingerprint density at radius 1 is 0.931 bits per heavy atom. The average molecular weight is 421 g/mol. The van der Waals surface area contributed by atoms with Gasteiger partial charge in [0, 0.05) is 6.42 Å². The molecule has 0 saturated carbocycles. The zero-order valence-electron chi connectivity index (χ0n) is 15.6. The fourth-order valence-electron chi connectivity index (χ4n) is 2.96. The Bertz CT molecular complexity index is 867. The van der Waals surface area contributed by atoms with Gasteiger partial charge in [-0.25, -0.2) is 17.6 Å². The Kier molecular flexibility index (Phi) is 6.60. The van der Waals surface area contributed by atoms with Crippen LogP contribution in [-0.4, -0.2) is 5.91 Å². The maximum atomic E-state index is 14.0. The monoisotopic (exact) mass is 421 g/mol. The molecule has 2 rings (SSSR count). The van der Waals surface area contributed by atoms with E-state index < -0.39 is 52.0 Å². The van der Waals surface area contributed by atoms with Crippen LogP contribution in [0.25, 0.3) is 0 Å². The number of amides is 1. The van der Waals surface area contributed by atoms with Gasteiger partial charge in [0.2, 0.25) is 5.91 Å². The van der Waals surface area contributed by atoms with Gasteiger partial charge in [0.05, 0.1) is 0 Å². The lowest BCUT2D eigenvalue weighted by molar-refractivity contribution is -0.143. The molecule has 158 valence electrons. The maximum absolute atomic E-state index is 14.0. The summed E-state index contributed by atoms with van der Waals surface area (Å²) in [4.78, 5) is 12.3. The van der Waals surface area contributed by atoms with Crippen molar-refractivity contribution in [1.82, 2.24) is 0 Å². The van der Waals surface area contributed by atoms with Crippen LogP contribution in [0.1, 0.15) is 37.8 Å². The first-order chi connectivity index (χ1) is 13.4. The molecule has 9 heteroatoms. The highest BCUT2D eigenvalue weighted by atomic mass is 19.4. The summed E-state index contributed by atoms with van der Waals surface area (Å²) in [7, 11) is 0. The Labute approximate surface area is 162 Å². The van der Waals surface area contributed by atoms with E-state index in [0.717, 1.165) is 5.56 Å². The normalized spacial score (nSPS) is 13.8. The maximum Gasteiger partial charge on any atom is 0.422 e. The first kappa shape index (κ1) is 22.7. The lowest BCUT2D eigenvalue weighted by atomic mass is 9.78. The van der Waals surface area contributed by atoms with Crippen LogP contribution in [0.4, 0.5) is 36.4 Å². The van der Waals surface area contributed by atoms with Gasteiger partial charge in [-0.1, -0.05) is 44.2 Å². The highest BCUT2D eigenvalue weighted by molar-refractivity contribution is 5.91. The minimum Gasteiger partial charge on any atom is -0.321 e. The first-order valence-corrected chi connectivity index (χ1v) is 8.66. The number of carbonyl (C=O) groups excluding carboxylic acids is 1. The van der Waals surface area contributed by atoms with Crippen molar-refractivity contribution in [2.75, 3.05) is 5.32 Å². The molecule has 1 N–H and O–H groups in total. The Morgan fingerprint density at radius 3 is 1.90 bits per heavy atom. The van der Waals surface area contributed by atoms with Gasteiger partial charge in [0.1, 0.15) is 11.3 Å². The predicted octanol–water partition coefficient (Wildman–Crippen LogP) is 6.25. The molecule has 2 nitrogen and oxygen atoms in total. The topological polar surface area (TPSA) is 29.1 Å². The van der Waals surface area contributed by atoms with Gasteiger partial charge in [0.15, 0.2) is 23.3 Å². The van der Waals surface area contributed by atoms with E-state index in [1.54, 1.807) is 37.4 Å². The van der Waals surface area contributed by atoms with Gasteiger partial charge < -0.3 is 5.32 Å². The van der Waals surface area contributed by atoms with E-state index in [1.807, 2.05) is 12.1 Å². The SMILES string of the molecule is CCC(C)(CC(=O)Nc1c(F)c(F)c(C(F)(F)F)c(F)c1F)Cc1ccccc1. The number of benzene rings is 2. The third-order valence-electron chi connectivity index (χ3n) is 4.73. The van der Waals surface area contributed by atoms with Crippen molar-refractivity contribution in [3.8, 4) is 0 Å². The molecule has 1 unspecified atom stereocenters. The largest absolute Gasteiger partial charge is 0.422 e. The van der Waals surface area contributed by atoms with E-state index in [2.05, 4.69) is 0 Å². The van der Waals surface area contributed by atoms with Gasteiger partial charge in [-0.2, -0.15) is 13.2 Å². The summed E-state index contributed by atoms with van der Waals surface area (Å²) >= 11 is 0. The average Bonchev–Trinajstić information content (AvgIpc) is 2.63. The van der Waals surface area contributed by atoms with Crippen molar-refractivity contribution in [3.05, 3.63) is 64.7 Å². The van der Waals surface area contributed by atoms with Crippen LogP contribution in [0, 0.1) is 28.7 Å². The zero-order chi connectivity index (χ0) is 22.0. The Hall–Kier alpha value is -2.58. The van der Waals surface area contributed by atoms with Crippen molar-refractivity contribution in [2.24, 2.45) is 5.41 Å². The highest BCUT2D eigenvalue weighted by Crippen LogP contribution is 2.39. The summed E-state index contributed by atoms with van der Waals surface area (Å²) < 4.78 is 93.2. The second kappa shape index (κ2) is 8.42. The highest BCUT2D eigenvalue weighted by Gasteiger charge is 2.42. The van der Waals surface area contributed by atoms with E-state index in [9.17, 15) is 35.5 Å². The van der Waals surface area contributed by atoms with E-state index >= 15 is 0 Å². The summed E-state index contributed by atoms with van der Waals surface area (Å²) in [5, 5.41) is 1.68. The third kappa shape index (κ3) is 5.07. The lowest BCUT2D eigenvalue weighted by Gasteiger charge is -2.28. The van der Waals surface area contributed by atoms with Crippen LogP contribution in [0.5, 0.6) is 0 Å². The van der Waals surface area contributed by atoms with Gasteiger partial charge in [-0.3, -0.25) is 4.79 Å². The van der Waals surface area contributed by atoms with Crippen molar-refractivity contribution in [1.29, 1.82) is 0 Å². The fraction of sp³-hybridized carbons (Fsp3) is 0.350. The summed E-state index contributed by atoms with van der Waals surface area (Å²) in [6.45, 7) is 3.52. The number of anilines is 1. The van der Waals surface area contributed by atoms with Gasteiger partial charge in [-0.05, 0) is 23.8 Å². The molecule has 1 atom stereocenters. The molecule has 0 aliphatic heterocycles. The molecule has 0 bridgehead atoms. The van der Waals surface area contributed by atoms with Crippen molar-refractivity contribution in [3.63, 3.8) is 0 Å². The Morgan fingerprint density at radius 2 is 1.45 bits per heavy atom. The molecule has 1 amide bonds. The molecule has 0 aliphatic rings. The van der Waals surface area contributed by atoms with Crippen LogP contribution >= 0.6 is 0 Å². The van der Waals surface area contributed by atoms with Crippen molar-refractivity contribution < 1.29 is 35.5 Å². The number of carbonyl (C=O) groups is 1. The zero-order valence-corrected chi connectivity index (χ0v) is 15.6. The van der Waals surface area contributed by atoms with E-state index in [1.165, 1.54) is 0 Å². The number of halogens is 7. The molecule has 2 aromatic rings. The van der Waals surface area contributed by atoms with Crippen LogP contribution in [0.15, 0.2) is 30.3 Å². The van der Waals surface area contributed by atoms with Crippen LogP contribution in [0.2, 0.25) is 0 Å². The summed E-state index contributed by atoms with van der Waals surface area (Å²) in [5.74, 6) is -10.8. The molecule has 0 aliphatic carbocycles. The molecule has 29 heavy (non-hydrogen) atoms. The number of nitrogens with one attached hydrogen (secondary N) is 1.